The Labute approximate surface area is 95.1 Å². The van der Waals surface area contributed by atoms with E-state index in [0.717, 1.165) is 18.9 Å². The van der Waals surface area contributed by atoms with Gasteiger partial charge < -0.3 is 11.1 Å². The van der Waals surface area contributed by atoms with Crippen LogP contribution in [0.15, 0.2) is 6.20 Å². The molecule has 1 aromatic heterocycles. The van der Waals surface area contributed by atoms with Crippen molar-refractivity contribution in [1.82, 2.24) is 10.3 Å². The molecule has 0 aromatic carbocycles. The Morgan fingerprint density at radius 3 is 3.20 bits per heavy atom. The van der Waals surface area contributed by atoms with Crippen molar-refractivity contribution in [3.63, 3.8) is 0 Å². The van der Waals surface area contributed by atoms with E-state index in [1.807, 2.05) is 13.1 Å². The van der Waals surface area contributed by atoms with E-state index in [2.05, 4.69) is 10.3 Å². The molecular weight excluding hydrogens is 206 g/mol. The molecule has 3 N–H and O–H groups in total. The predicted octanol–water partition coefficient (Wildman–Crippen LogP) is 1.70. The van der Waals surface area contributed by atoms with Gasteiger partial charge in [-0.15, -0.1) is 11.3 Å². The van der Waals surface area contributed by atoms with Gasteiger partial charge in [0.2, 0.25) is 0 Å². The number of nitrogens with zero attached hydrogens (tertiary/aromatic N) is 1. The van der Waals surface area contributed by atoms with Gasteiger partial charge in [0.25, 0.3) is 0 Å². The van der Waals surface area contributed by atoms with Crippen molar-refractivity contribution < 1.29 is 0 Å². The molecule has 4 heteroatoms. The van der Waals surface area contributed by atoms with Gasteiger partial charge in [0, 0.05) is 23.5 Å². The third-order valence-corrected chi connectivity index (χ3v) is 4.10. The van der Waals surface area contributed by atoms with E-state index in [1.165, 1.54) is 29.3 Å². The first-order valence-corrected chi connectivity index (χ1v) is 6.48. The number of aromatic nitrogens is 1. The Morgan fingerprint density at radius 1 is 1.73 bits per heavy atom. The van der Waals surface area contributed by atoms with Crippen LogP contribution in [0.4, 0.5) is 0 Å². The minimum absolute atomic E-state index is 0.126. The van der Waals surface area contributed by atoms with Crippen molar-refractivity contribution in [2.24, 2.45) is 11.7 Å². The fraction of sp³-hybridized carbons (Fsp3) is 0.727. The lowest BCUT2D eigenvalue weighted by Gasteiger charge is -2.21. The molecule has 0 saturated carbocycles. The largest absolute Gasteiger partial charge is 0.323 e. The number of rotatable bonds is 3. The van der Waals surface area contributed by atoms with Gasteiger partial charge in [-0.25, -0.2) is 4.98 Å². The minimum atomic E-state index is 0.126. The topological polar surface area (TPSA) is 50.9 Å². The molecule has 2 atom stereocenters. The highest BCUT2D eigenvalue weighted by molar-refractivity contribution is 7.11. The first-order valence-electron chi connectivity index (χ1n) is 5.66. The predicted molar refractivity (Wildman–Crippen MR) is 64.0 cm³/mol. The van der Waals surface area contributed by atoms with E-state index < -0.39 is 0 Å². The first kappa shape index (κ1) is 11.0. The van der Waals surface area contributed by atoms with Gasteiger partial charge in [-0.3, -0.25) is 0 Å². The van der Waals surface area contributed by atoms with Gasteiger partial charge in [0.05, 0.1) is 5.01 Å². The molecule has 0 spiro atoms. The number of hydrogen-bond acceptors (Lipinski definition) is 4. The molecule has 0 aliphatic carbocycles. The van der Waals surface area contributed by atoms with Crippen LogP contribution < -0.4 is 11.1 Å². The Bertz CT molecular complexity index is 303. The van der Waals surface area contributed by atoms with Crippen molar-refractivity contribution in [3.05, 3.63) is 16.1 Å². The lowest BCUT2D eigenvalue weighted by Crippen LogP contribution is -2.30. The van der Waals surface area contributed by atoms with E-state index in [1.54, 1.807) is 11.3 Å². The second-order valence-electron chi connectivity index (χ2n) is 4.36. The van der Waals surface area contributed by atoms with Gasteiger partial charge >= 0.3 is 0 Å². The molecule has 1 aliphatic heterocycles. The molecule has 1 saturated heterocycles. The molecule has 3 nitrogen and oxygen atoms in total. The zero-order chi connectivity index (χ0) is 10.7. The monoisotopic (exact) mass is 225 g/mol. The molecule has 2 rings (SSSR count). The summed E-state index contributed by atoms with van der Waals surface area (Å²) >= 11 is 1.77. The molecule has 1 fully saturated rings. The quantitative estimate of drug-likeness (QED) is 0.823. The maximum absolute atomic E-state index is 5.82. The van der Waals surface area contributed by atoms with Crippen LogP contribution in [0.1, 0.15) is 35.7 Å². The minimum Gasteiger partial charge on any atom is -0.323 e. The van der Waals surface area contributed by atoms with E-state index >= 15 is 0 Å². The zero-order valence-corrected chi connectivity index (χ0v) is 10.0. The van der Waals surface area contributed by atoms with E-state index in [4.69, 9.17) is 5.73 Å². The van der Waals surface area contributed by atoms with Crippen molar-refractivity contribution in [1.29, 1.82) is 0 Å². The van der Waals surface area contributed by atoms with Crippen LogP contribution in [0.25, 0.3) is 0 Å². The molecule has 1 aliphatic rings. The standard InChI is InChI=1S/C11H19N3S/c1-8(12)10-7-14-11(15-10)5-9-3-2-4-13-6-9/h7-9,13H,2-6,12H2,1H3. The van der Waals surface area contributed by atoms with Crippen molar-refractivity contribution in [2.75, 3.05) is 13.1 Å². The van der Waals surface area contributed by atoms with Gasteiger partial charge in [-0.1, -0.05) is 0 Å². The van der Waals surface area contributed by atoms with Crippen LogP contribution >= 0.6 is 11.3 Å². The summed E-state index contributed by atoms with van der Waals surface area (Å²) in [4.78, 5) is 5.64. The molecule has 15 heavy (non-hydrogen) atoms. The molecule has 0 amide bonds. The first-order chi connectivity index (χ1) is 7.25. The zero-order valence-electron chi connectivity index (χ0n) is 9.20. The molecule has 0 bridgehead atoms. The molecule has 2 heterocycles. The number of thiazole rings is 1. The summed E-state index contributed by atoms with van der Waals surface area (Å²) < 4.78 is 0. The maximum Gasteiger partial charge on any atom is 0.0931 e. The Hall–Kier alpha value is -0.450. The van der Waals surface area contributed by atoms with E-state index in [0.29, 0.717) is 0 Å². The van der Waals surface area contributed by atoms with Crippen molar-refractivity contribution in [2.45, 2.75) is 32.2 Å². The third-order valence-electron chi connectivity index (χ3n) is 2.88. The summed E-state index contributed by atoms with van der Waals surface area (Å²) in [6.45, 7) is 4.34. The summed E-state index contributed by atoms with van der Waals surface area (Å²) in [7, 11) is 0. The van der Waals surface area contributed by atoms with E-state index in [9.17, 15) is 0 Å². The molecule has 1 aromatic rings. The molecular formula is C11H19N3S. The summed E-state index contributed by atoms with van der Waals surface area (Å²) in [5, 5.41) is 4.68. The van der Waals surface area contributed by atoms with Crippen LogP contribution in [0.3, 0.4) is 0 Å². The van der Waals surface area contributed by atoms with Gasteiger partial charge in [-0.05, 0) is 38.8 Å². The van der Waals surface area contributed by atoms with Crippen molar-refractivity contribution in [3.8, 4) is 0 Å². The summed E-state index contributed by atoms with van der Waals surface area (Å²) in [5.74, 6) is 0.769. The van der Waals surface area contributed by atoms with Crippen LogP contribution in [0.2, 0.25) is 0 Å². The Kier molecular flexibility index (Phi) is 3.72. The molecule has 2 unspecified atom stereocenters. The average Bonchev–Trinajstić information content (AvgIpc) is 2.68. The SMILES string of the molecule is CC(N)c1cnc(CC2CCCNC2)s1. The van der Waals surface area contributed by atoms with Crippen LogP contribution in [-0.2, 0) is 6.42 Å². The van der Waals surface area contributed by atoms with Crippen LogP contribution in [0.5, 0.6) is 0 Å². The summed E-state index contributed by atoms with van der Waals surface area (Å²) in [6, 6.07) is 0.126. The van der Waals surface area contributed by atoms with Gasteiger partial charge in [0.15, 0.2) is 0 Å². The van der Waals surface area contributed by atoms with Gasteiger partial charge in [0.1, 0.15) is 0 Å². The summed E-state index contributed by atoms with van der Waals surface area (Å²) in [6.07, 6.45) is 5.68. The number of piperidine rings is 1. The Balaban J connectivity index is 1.91. The average molecular weight is 225 g/mol. The lowest BCUT2D eigenvalue weighted by atomic mass is 9.97. The highest BCUT2D eigenvalue weighted by Gasteiger charge is 2.15. The van der Waals surface area contributed by atoms with Crippen molar-refractivity contribution >= 4 is 11.3 Å². The molecule has 0 radical (unpaired) electrons. The van der Waals surface area contributed by atoms with Crippen LogP contribution in [0, 0.1) is 5.92 Å². The van der Waals surface area contributed by atoms with Gasteiger partial charge in [-0.2, -0.15) is 0 Å². The Morgan fingerprint density at radius 2 is 2.60 bits per heavy atom. The second kappa shape index (κ2) is 5.05. The number of nitrogens with two attached hydrogens (primary N) is 1. The van der Waals surface area contributed by atoms with E-state index in [-0.39, 0.29) is 6.04 Å². The molecule has 84 valence electrons. The number of nitrogens with one attached hydrogen (secondary N) is 1. The summed E-state index contributed by atoms with van der Waals surface area (Å²) in [5.41, 5.74) is 5.82. The highest BCUT2D eigenvalue weighted by atomic mass is 32.1. The fourth-order valence-corrected chi connectivity index (χ4v) is 2.96. The number of hydrogen-bond donors (Lipinski definition) is 2. The normalized spacial score (nSPS) is 24.0. The smallest absolute Gasteiger partial charge is 0.0931 e. The van der Waals surface area contributed by atoms with Crippen LogP contribution in [-0.4, -0.2) is 18.1 Å². The second-order valence-corrected chi connectivity index (χ2v) is 5.51. The maximum atomic E-state index is 5.82. The fourth-order valence-electron chi connectivity index (χ4n) is 1.97. The lowest BCUT2D eigenvalue weighted by molar-refractivity contribution is 0.376. The third kappa shape index (κ3) is 3.00. The highest BCUT2D eigenvalue weighted by Crippen LogP contribution is 2.23.